The Kier molecular flexibility index (Phi) is 7.64. The molecule has 13 rings (SSSR count). The zero-order valence-electron chi connectivity index (χ0n) is 33.8. The normalized spacial score (nSPS) is 11.9. The summed E-state index contributed by atoms with van der Waals surface area (Å²) in [5, 5.41) is 12.5. The number of hydrogen-bond donors (Lipinski definition) is 0. The van der Waals surface area contributed by atoms with E-state index in [1.807, 2.05) is 0 Å². The second-order valence-corrected chi connectivity index (χ2v) is 16.5. The SMILES string of the molecule is c1ccc(-c2c3ccccc3c(-c3ccc(-n4c5cc(-c6ccc7c8ccccc8n(-c8ccccc8)c7c6)ccc5c5cc6ccccc6cc54)cc3)c3ccccc23)cc1. The highest BCUT2D eigenvalue weighted by atomic mass is 15.0. The molecular formula is C60H38N2. The minimum Gasteiger partial charge on any atom is -0.309 e. The summed E-state index contributed by atoms with van der Waals surface area (Å²) in [6.45, 7) is 0. The third-order valence-electron chi connectivity index (χ3n) is 13.1. The lowest BCUT2D eigenvalue weighted by Crippen LogP contribution is -1.95. The second kappa shape index (κ2) is 13.7. The van der Waals surface area contributed by atoms with Crippen LogP contribution in [0.4, 0.5) is 0 Å². The van der Waals surface area contributed by atoms with Gasteiger partial charge < -0.3 is 9.13 Å². The van der Waals surface area contributed by atoms with Crippen molar-refractivity contribution in [3.63, 3.8) is 0 Å². The number of nitrogens with zero attached hydrogens (tertiary/aromatic N) is 2. The fourth-order valence-electron chi connectivity index (χ4n) is 10.3. The Morgan fingerprint density at radius 1 is 0.210 bits per heavy atom. The second-order valence-electron chi connectivity index (χ2n) is 16.5. The molecule has 2 heteroatoms. The number of rotatable bonds is 5. The smallest absolute Gasteiger partial charge is 0.0547 e. The molecule has 2 heterocycles. The monoisotopic (exact) mass is 786 g/mol. The predicted molar refractivity (Wildman–Crippen MR) is 264 cm³/mol. The summed E-state index contributed by atoms with van der Waals surface area (Å²) >= 11 is 0. The molecule has 0 saturated carbocycles. The van der Waals surface area contributed by atoms with Gasteiger partial charge in [0.05, 0.1) is 22.1 Å². The van der Waals surface area contributed by atoms with Crippen molar-refractivity contribution in [2.45, 2.75) is 0 Å². The molecule has 11 aromatic carbocycles. The van der Waals surface area contributed by atoms with E-state index in [2.05, 4.69) is 240 Å². The van der Waals surface area contributed by atoms with Crippen molar-refractivity contribution >= 4 is 75.9 Å². The van der Waals surface area contributed by atoms with Gasteiger partial charge in [0.1, 0.15) is 0 Å². The lowest BCUT2D eigenvalue weighted by molar-refractivity contribution is 1.18. The van der Waals surface area contributed by atoms with Crippen molar-refractivity contribution in [2.75, 3.05) is 0 Å². The molecule has 0 aliphatic rings. The first kappa shape index (κ1) is 34.6. The molecule has 0 radical (unpaired) electrons. The van der Waals surface area contributed by atoms with Crippen molar-refractivity contribution in [2.24, 2.45) is 0 Å². The van der Waals surface area contributed by atoms with Crippen LogP contribution in [0.25, 0.3) is 121 Å². The first-order valence-electron chi connectivity index (χ1n) is 21.4. The Labute approximate surface area is 358 Å². The van der Waals surface area contributed by atoms with Crippen LogP contribution in [0.3, 0.4) is 0 Å². The lowest BCUT2D eigenvalue weighted by Gasteiger charge is -2.18. The van der Waals surface area contributed by atoms with E-state index in [1.165, 1.54) is 109 Å². The molecule has 0 bridgehead atoms. The first-order chi connectivity index (χ1) is 30.8. The van der Waals surface area contributed by atoms with E-state index < -0.39 is 0 Å². The highest BCUT2D eigenvalue weighted by Crippen LogP contribution is 2.45. The van der Waals surface area contributed by atoms with E-state index >= 15 is 0 Å². The van der Waals surface area contributed by atoms with Crippen molar-refractivity contribution in [3.8, 4) is 44.8 Å². The van der Waals surface area contributed by atoms with Crippen LogP contribution in [0.1, 0.15) is 0 Å². The molecule has 0 N–H and O–H groups in total. The molecule has 0 unspecified atom stereocenters. The van der Waals surface area contributed by atoms with Crippen LogP contribution in [-0.2, 0) is 0 Å². The van der Waals surface area contributed by atoms with Gasteiger partial charge in [0.2, 0.25) is 0 Å². The Bertz CT molecular complexity index is 3830. The van der Waals surface area contributed by atoms with E-state index in [-0.39, 0.29) is 0 Å². The Morgan fingerprint density at radius 3 is 1.19 bits per heavy atom. The van der Waals surface area contributed by atoms with Crippen LogP contribution in [-0.4, -0.2) is 9.13 Å². The van der Waals surface area contributed by atoms with Gasteiger partial charge in [0, 0.05) is 32.9 Å². The molecule has 13 aromatic rings. The topological polar surface area (TPSA) is 9.86 Å². The molecule has 0 fully saturated rings. The molecule has 2 nitrogen and oxygen atoms in total. The number of aromatic nitrogens is 2. The predicted octanol–water partition coefficient (Wildman–Crippen LogP) is 16.3. The Hall–Kier alpha value is -8.20. The van der Waals surface area contributed by atoms with Crippen molar-refractivity contribution in [1.82, 2.24) is 9.13 Å². The van der Waals surface area contributed by atoms with E-state index in [9.17, 15) is 0 Å². The van der Waals surface area contributed by atoms with E-state index in [0.717, 1.165) is 11.4 Å². The molecule has 2 aromatic heterocycles. The van der Waals surface area contributed by atoms with Gasteiger partial charge in [-0.3, -0.25) is 0 Å². The highest BCUT2D eigenvalue weighted by molar-refractivity contribution is 6.21. The molecule has 0 aliphatic carbocycles. The van der Waals surface area contributed by atoms with Gasteiger partial charge in [-0.15, -0.1) is 0 Å². The number of fused-ring (bicyclic) bond motifs is 9. The zero-order chi connectivity index (χ0) is 40.7. The van der Waals surface area contributed by atoms with Crippen LogP contribution in [0.15, 0.2) is 231 Å². The van der Waals surface area contributed by atoms with E-state index in [1.54, 1.807) is 0 Å². The van der Waals surface area contributed by atoms with Crippen LogP contribution in [0.5, 0.6) is 0 Å². The lowest BCUT2D eigenvalue weighted by atomic mass is 9.86. The van der Waals surface area contributed by atoms with Gasteiger partial charge in [0.25, 0.3) is 0 Å². The van der Waals surface area contributed by atoms with Gasteiger partial charge >= 0.3 is 0 Å². The minimum atomic E-state index is 1.13. The number of benzene rings is 11. The highest BCUT2D eigenvalue weighted by Gasteiger charge is 2.19. The maximum absolute atomic E-state index is 2.47. The van der Waals surface area contributed by atoms with Crippen LogP contribution in [0.2, 0.25) is 0 Å². The van der Waals surface area contributed by atoms with Crippen molar-refractivity contribution in [3.05, 3.63) is 231 Å². The molecule has 0 aliphatic heterocycles. The zero-order valence-corrected chi connectivity index (χ0v) is 33.8. The van der Waals surface area contributed by atoms with E-state index in [0.29, 0.717) is 0 Å². The van der Waals surface area contributed by atoms with Gasteiger partial charge in [-0.2, -0.15) is 0 Å². The largest absolute Gasteiger partial charge is 0.309 e. The Balaban J connectivity index is 1.02. The summed E-state index contributed by atoms with van der Waals surface area (Å²) in [4.78, 5) is 0. The maximum Gasteiger partial charge on any atom is 0.0547 e. The van der Waals surface area contributed by atoms with E-state index in [4.69, 9.17) is 0 Å². The standard InChI is InChI=1S/C60H38N2/c1-3-15-39(16-4-1)59-50-22-9-11-24-52(50)60(53-25-12-10-23-51(53)59)40-27-31-46(32-28-40)62-57-38-44(30-34-49(57)54-35-41-17-7-8-18-42(41)36-58(54)62)43-29-33-48-47-21-13-14-26-55(47)61(56(48)37-43)45-19-5-2-6-20-45/h1-38H. The molecular weight excluding hydrogens is 749 g/mol. The molecule has 0 atom stereocenters. The number of hydrogen-bond acceptors (Lipinski definition) is 0. The van der Waals surface area contributed by atoms with Gasteiger partial charge in [-0.1, -0.05) is 176 Å². The summed E-state index contributed by atoms with van der Waals surface area (Å²) in [5.41, 5.74) is 14.5. The quantitative estimate of drug-likeness (QED) is 0.154. The third kappa shape index (κ3) is 5.23. The summed E-state index contributed by atoms with van der Waals surface area (Å²) in [6.07, 6.45) is 0. The van der Waals surface area contributed by atoms with Crippen molar-refractivity contribution < 1.29 is 0 Å². The van der Waals surface area contributed by atoms with Gasteiger partial charge in [-0.25, -0.2) is 0 Å². The fraction of sp³-hybridized carbons (Fsp3) is 0. The minimum absolute atomic E-state index is 1.13. The summed E-state index contributed by atoms with van der Waals surface area (Å²) in [5.74, 6) is 0. The molecule has 0 amide bonds. The average Bonchev–Trinajstić information content (AvgIpc) is 3.84. The first-order valence-corrected chi connectivity index (χ1v) is 21.4. The summed E-state index contributed by atoms with van der Waals surface area (Å²) in [6, 6.07) is 84.8. The molecule has 288 valence electrons. The van der Waals surface area contributed by atoms with Crippen molar-refractivity contribution in [1.29, 1.82) is 0 Å². The van der Waals surface area contributed by atoms with Gasteiger partial charge in [-0.05, 0) is 120 Å². The fourth-order valence-corrected chi connectivity index (χ4v) is 10.3. The number of para-hydroxylation sites is 2. The molecule has 0 saturated heterocycles. The Morgan fingerprint density at radius 2 is 0.597 bits per heavy atom. The third-order valence-corrected chi connectivity index (χ3v) is 13.1. The molecule has 0 spiro atoms. The van der Waals surface area contributed by atoms with Crippen LogP contribution < -0.4 is 0 Å². The van der Waals surface area contributed by atoms with Crippen LogP contribution >= 0.6 is 0 Å². The van der Waals surface area contributed by atoms with Crippen LogP contribution in [0, 0.1) is 0 Å². The molecule has 62 heavy (non-hydrogen) atoms. The average molecular weight is 787 g/mol. The summed E-state index contributed by atoms with van der Waals surface area (Å²) < 4.78 is 4.87. The maximum atomic E-state index is 2.47. The summed E-state index contributed by atoms with van der Waals surface area (Å²) in [7, 11) is 0. The van der Waals surface area contributed by atoms with Gasteiger partial charge in [0.15, 0.2) is 0 Å².